The van der Waals surface area contributed by atoms with Crippen LogP contribution in [0.25, 0.3) is 10.8 Å². The van der Waals surface area contributed by atoms with Gasteiger partial charge in [-0.15, -0.1) is 0 Å². The third-order valence-electron chi connectivity index (χ3n) is 2.92. The highest BCUT2D eigenvalue weighted by molar-refractivity contribution is 5.92. The summed E-state index contributed by atoms with van der Waals surface area (Å²) in [6, 6.07) is 12.6. The Kier molecular flexibility index (Phi) is 3.80. The van der Waals surface area contributed by atoms with E-state index in [9.17, 15) is 9.59 Å². The highest BCUT2D eigenvalue weighted by Gasteiger charge is 2.23. The van der Waals surface area contributed by atoms with Crippen LogP contribution in [0, 0.1) is 0 Å². The first-order chi connectivity index (χ1) is 9.13. The highest BCUT2D eigenvalue weighted by Crippen LogP contribution is 2.25. The van der Waals surface area contributed by atoms with Crippen molar-refractivity contribution in [2.24, 2.45) is 0 Å². The van der Waals surface area contributed by atoms with Crippen molar-refractivity contribution in [2.45, 2.75) is 13.0 Å². The van der Waals surface area contributed by atoms with E-state index in [1.54, 1.807) is 0 Å². The highest BCUT2D eigenvalue weighted by atomic mass is 16.5. The molecular formula is C15H15NO3. The Balaban J connectivity index is 2.55. The average Bonchev–Trinajstić information content (AvgIpc) is 2.43. The lowest BCUT2D eigenvalue weighted by atomic mass is 9.98. The van der Waals surface area contributed by atoms with Gasteiger partial charge in [0.05, 0.1) is 7.11 Å². The minimum Gasteiger partial charge on any atom is -0.467 e. The first-order valence-corrected chi connectivity index (χ1v) is 5.96. The van der Waals surface area contributed by atoms with Gasteiger partial charge >= 0.3 is 5.97 Å². The van der Waals surface area contributed by atoms with Gasteiger partial charge in [-0.3, -0.25) is 4.79 Å². The smallest absolute Gasteiger partial charge is 0.333 e. The Morgan fingerprint density at radius 3 is 2.47 bits per heavy atom. The average molecular weight is 257 g/mol. The Bertz CT molecular complexity index is 616. The van der Waals surface area contributed by atoms with Crippen LogP contribution >= 0.6 is 0 Å². The van der Waals surface area contributed by atoms with Gasteiger partial charge in [0.25, 0.3) is 0 Å². The Morgan fingerprint density at radius 2 is 1.79 bits per heavy atom. The molecule has 0 aliphatic heterocycles. The first kappa shape index (κ1) is 13.1. The predicted molar refractivity (Wildman–Crippen MR) is 72.5 cm³/mol. The Hall–Kier alpha value is -2.36. The molecule has 2 rings (SSSR count). The predicted octanol–water partition coefficient (Wildman–Crippen LogP) is 2.19. The van der Waals surface area contributed by atoms with Crippen LogP contribution in [0.3, 0.4) is 0 Å². The number of carbonyl (C=O) groups excluding carboxylic acids is 2. The second kappa shape index (κ2) is 5.52. The fourth-order valence-corrected chi connectivity index (χ4v) is 2.09. The van der Waals surface area contributed by atoms with Crippen LogP contribution in [0.15, 0.2) is 42.5 Å². The summed E-state index contributed by atoms with van der Waals surface area (Å²) < 4.78 is 4.76. The normalized spacial score (nSPS) is 11.9. The minimum atomic E-state index is -0.784. The zero-order valence-electron chi connectivity index (χ0n) is 10.8. The second-order valence-electron chi connectivity index (χ2n) is 4.23. The van der Waals surface area contributed by atoms with Crippen LogP contribution in [0.2, 0.25) is 0 Å². The van der Waals surface area contributed by atoms with E-state index in [4.69, 9.17) is 4.74 Å². The van der Waals surface area contributed by atoms with Crippen molar-refractivity contribution >= 4 is 22.6 Å². The van der Waals surface area contributed by atoms with E-state index in [-0.39, 0.29) is 5.91 Å². The van der Waals surface area contributed by atoms with Crippen molar-refractivity contribution in [3.63, 3.8) is 0 Å². The molecule has 98 valence electrons. The van der Waals surface area contributed by atoms with E-state index in [1.807, 2.05) is 42.5 Å². The fourth-order valence-electron chi connectivity index (χ4n) is 2.09. The number of hydrogen-bond donors (Lipinski definition) is 1. The van der Waals surface area contributed by atoms with Crippen molar-refractivity contribution in [3.8, 4) is 0 Å². The minimum absolute atomic E-state index is 0.275. The summed E-state index contributed by atoms with van der Waals surface area (Å²) in [4.78, 5) is 23.1. The van der Waals surface area contributed by atoms with Crippen molar-refractivity contribution < 1.29 is 14.3 Å². The molecule has 2 aromatic carbocycles. The monoisotopic (exact) mass is 257 g/mol. The zero-order chi connectivity index (χ0) is 13.8. The van der Waals surface area contributed by atoms with Crippen molar-refractivity contribution in [3.05, 3.63) is 48.0 Å². The molecule has 0 fully saturated rings. The number of nitrogens with one attached hydrogen (secondary N) is 1. The summed E-state index contributed by atoms with van der Waals surface area (Å²) in [6.07, 6.45) is 0. The molecule has 2 aromatic rings. The summed E-state index contributed by atoms with van der Waals surface area (Å²) >= 11 is 0. The number of fused-ring (bicyclic) bond motifs is 1. The lowest BCUT2D eigenvalue weighted by Gasteiger charge is -2.17. The van der Waals surface area contributed by atoms with Crippen LogP contribution in [-0.4, -0.2) is 19.0 Å². The second-order valence-corrected chi connectivity index (χ2v) is 4.23. The molecule has 1 atom stereocenters. The van der Waals surface area contributed by atoms with Gasteiger partial charge in [0.1, 0.15) is 0 Å². The summed E-state index contributed by atoms with van der Waals surface area (Å²) in [7, 11) is 1.31. The van der Waals surface area contributed by atoms with Crippen LogP contribution in [0.4, 0.5) is 0 Å². The summed E-state index contributed by atoms with van der Waals surface area (Å²) in [5, 5.41) is 4.56. The van der Waals surface area contributed by atoms with E-state index in [0.29, 0.717) is 0 Å². The Morgan fingerprint density at radius 1 is 1.11 bits per heavy atom. The van der Waals surface area contributed by atoms with E-state index in [1.165, 1.54) is 14.0 Å². The van der Waals surface area contributed by atoms with Crippen LogP contribution < -0.4 is 5.32 Å². The number of carbonyl (C=O) groups is 2. The van der Waals surface area contributed by atoms with Gasteiger partial charge in [-0.2, -0.15) is 0 Å². The first-order valence-electron chi connectivity index (χ1n) is 5.96. The number of esters is 1. The number of methoxy groups -OCH3 is 1. The standard InChI is InChI=1S/C15H15NO3/c1-10(17)16-14(15(18)19-2)13-9-5-7-11-6-3-4-8-12(11)13/h3-9,14H,1-2H3,(H,16,17). The van der Waals surface area contributed by atoms with E-state index < -0.39 is 12.0 Å². The number of hydrogen-bond acceptors (Lipinski definition) is 3. The quantitative estimate of drug-likeness (QED) is 0.857. The molecule has 1 amide bonds. The van der Waals surface area contributed by atoms with Crippen molar-refractivity contribution in [1.29, 1.82) is 0 Å². The number of rotatable bonds is 3. The third-order valence-corrected chi connectivity index (χ3v) is 2.92. The molecule has 0 saturated carbocycles. The van der Waals surface area contributed by atoms with Crippen LogP contribution in [0.5, 0.6) is 0 Å². The molecule has 0 bridgehead atoms. The zero-order valence-corrected chi connectivity index (χ0v) is 10.8. The number of benzene rings is 2. The molecule has 0 aromatic heterocycles. The largest absolute Gasteiger partial charge is 0.467 e. The molecule has 4 nitrogen and oxygen atoms in total. The molecule has 0 aliphatic rings. The molecule has 0 saturated heterocycles. The van der Waals surface area contributed by atoms with Gasteiger partial charge in [-0.05, 0) is 16.3 Å². The molecule has 0 spiro atoms. The molecule has 0 heterocycles. The molecule has 4 heteroatoms. The fraction of sp³-hybridized carbons (Fsp3) is 0.200. The molecule has 1 N–H and O–H groups in total. The van der Waals surface area contributed by atoms with Gasteiger partial charge in [-0.1, -0.05) is 42.5 Å². The van der Waals surface area contributed by atoms with Crippen LogP contribution in [0.1, 0.15) is 18.5 Å². The number of amides is 1. The topological polar surface area (TPSA) is 55.4 Å². The van der Waals surface area contributed by atoms with Gasteiger partial charge in [-0.25, -0.2) is 4.79 Å². The van der Waals surface area contributed by atoms with Gasteiger partial charge in [0, 0.05) is 6.92 Å². The van der Waals surface area contributed by atoms with E-state index >= 15 is 0 Å². The molecule has 19 heavy (non-hydrogen) atoms. The van der Waals surface area contributed by atoms with Gasteiger partial charge in [0.15, 0.2) is 6.04 Å². The summed E-state index contributed by atoms with van der Waals surface area (Å²) in [5.41, 5.74) is 0.736. The molecule has 0 aliphatic carbocycles. The van der Waals surface area contributed by atoms with Gasteiger partial charge < -0.3 is 10.1 Å². The summed E-state index contributed by atoms with van der Waals surface area (Å²) in [6.45, 7) is 1.38. The third kappa shape index (κ3) is 2.73. The van der Waals surface area contributed by atoms with Crippen molar-refractivity contribution in [1.82, 2.24) is 5.32 Å². The Labute approximate surface area is 111 Å². The number of ether oxygens (including phenoxy) is 1. The maximum absolute atomic E-state index is 11.9. The van der Waals surface area contributed by atoms with E-state index in [2.05, 4.69) is 5.32 Å². The summed E-state index contributed by atoms with van der Waals surface area (Å²) in [5.74, 6) is -0.755. The van der Waals surface area contributed by atoms with Crippen LogP contribution in [-0.2, 0) is 14.3 Å². The lowest BCUT2D eigenvalue weighted by molar-refractivity contribution is -0.145. The maximum Gasteiger partial charge on any atom is 0.333 e. The SMILES string of the molecule is COC(=O)C(NC(C)=O)c1cccc2ccccc12. The van der Waals surface area contributed by atoms with E-state index in [0.717, 1.165) is 16.3 Å². The molecule has 0 radical (unpaired) electrons. The molecular weight excluding hydrogens is 242 g/mol. The molecule has 1 unspecified atom stereocenters. The van der Waals surface area contributed by atoms with Crippen molar-refractivity contribution in [2.75, 3.05) is 7.11 Å². The van der Waals surface area contributed by atoms with Gasteiger partial charge in [0.2, 0.25) is 5.91 Å². The lowest BCUT2D eigenvalue weighted by Crippen LogP contribution is -2.33. The maximum atomic E-state index is 11.9.